The van der Waals surface area contributed by atoms with Gasteiger partial charge in [-0.3, -0.25) is 4.79 Å². The molecule has 0 heterocycles. The molecule has 0 aliphatic heterocycles. The summed E-state index contributed by atoms with van der Waals surface area (Å²) in [5.74, 6) is -0.971. The predicted molar refractivity (Wildman–Crippen MR) is 77.1 cm³/mol. The molecule has 4 nitrogen and oxygen atoms in total. The molecule has 0 saturated carbocycles. The van der Waals surface area contributed by atoms with Crippen LogP contribution in [-0.4, -0.2) is 31.7 Å². The van der Waals surface area contributed by atoms with Crippen LogP contribution in [0.5, 0.6) is 0 Å². The van der Waals surface area contributed by atoms with Gasteiger partial charge in [0.1, 0.15) is 6.04 Å². The minimum atomic E-state index is -0.971. The van der Waals surface area contributed by atoms with E-state index in [-0.39, 0.29) is 0 Å². The summed E-state index contributed by atoms with van der Waals surface area (Å²) in [7, 11) is 3.35. The smallest absolute Gasteiger partial charge is 0.330 e. The Hall–Kier alpha value is -1.33. The van der Waals surface area contributed by atoms with E-state index >= 15 is 0 Å². The molecule has 0 aliphatic carbocycles. The topological polar surface area (TPSA) is 72.5 Å². The average molecular weight is 262 g/mol. The van der Waals surface area contributed by atoms with E-state index in [4.69, 9.17) is 15.5 Å². The fourth-order valence-electron chi connectivity index (χ4n) is 2.33. The highest BCUT2D eigenvalue weighted by atomic mass is 16.4. The van der Waals surface area contributed by atoms with Crippen molar-refractivity contribution in [3.8, 4) is 0 Å². The number of aliphatic carboxylic acids is 1. The Labute approximate surface area is 115 Å². The molecule has 0 spiro atoms. The number of carboxylic acids is 1. The van der Waals surface area contributed by atoms with Crippen molar-refractivity contribution in [2.75, 3.05) is 7.11 Å². The first-order chi connectivity index (χ1) is 8.81. The monoisotopic (exact) mass is 262 g/mol. The van der Waals surface area contributed by atoms with Gasteiger partial charge in [0, 0.05) is 7.11 Å². The highest BCUT2D eigenvalue weighted by molar-refractivity contribution is 6.48. The third kappa shape index (κ3) is 3.17. The Balaban J connectivity index is 3.31. The van der Waals surface area contributed by atoms with E-state index in [1.165, 1.54) is 0 Å². The molecule has 0 fully saturated rings. The van der Waals surface area contributed by atoms with Crippen molar-refractivity contribution in [3.63, 3.8) is 0 Å². The van der Waals surface area contributed by atoms with E-state index in [2.05, 4.69) is 0 Å². The number of hydrogen-bond acceptors (Lipinski definition) is 3. The first kappa shape index (κ1) is 15.7. The van der Waals surface area contributed by atoms with E-state index in [1.54, 1.807) is 14.6 Å². The molecule has 1 atom stereocenters. The summed E-state index contributed by atoms with van der Waals surface area (Å²) < 4.78 is 5.11. The molecule has 0 unspecified atom stereocenters. The van der Waals surface area contributed by atoms with E-state index in [1.807, 2.05) is 27.7 Å². The maximum Gasteiger partial charge on any atom is 0.330 e. The van der Waals surface area contributed by atoms with Crippen molar-refractivity contribution in [2.45, 2.75) is 40.2 Å². The van der Waals surface area contributed by atoms with Crippen LogP contribution in [0, 0.1) is 27.7 Å². The van der Waals surface area contributed by atoms with E-state index in [9.17, 15) is 4.79 Å². The molecule has 1 rings (SSSR count). The first-order valence-corrected chi connectivity index (χ1v) is 6.24. The zero-order valence-corrected chi connectivity index (χ0v) is 12.2. The Kier molecular flexibility index (Phi) is 5.15. The number of nitrogens with two attached hydrogens (primary N) is 1. The third-order valence-corrected chi connectivity index (χ3v) is 3.82. The summed E-state index contributed by atoms with van der Waals surface area (Å²) in [4.78, 5) is 10.9. The maximum absolute atomic E-state index is 10.9. The second-order valence-corrected chi connectivity index (χ2v) is 4.89. The van der Waals surface area contributed by atoms with Crippen LogP contribution in [0.2, 0.25) is 0 Å². The molecule has 1 aromatic carbocycles. The lowest BCUT2D eigenvalue weighted by Crippen LogP contribution is -2.34. The zero-order valence-electron chi connectivity index (χ0n) is 12.2. The van der Waals surface area contributed by atoms with Gasteiger partial charge in [-0.15, -0.1) is 0 Å². The Morgan fingerprint density at radius 1 is 1.21 bits per heavy atom. The fourth-order valence-corrected chi connectivity index (χ4v) is 2.33. The van der Waals surface area contributed by atoms with Gasteiger partial charge in [0.15, 0.2) is 0 Å². The number of hydrogen-bond donors (Lipinski definition) is 2. The van der Waals surface area contributed by atoms with Gasteiger partial charge in [0.25, 0.3) is 0 Å². The standard InChI is InChI=1S/C14H21BNO3/c1-7-9(3)13(15-19-5)10(4)8(2)11(7)6-12(16)14(17)18/h12H,6,16H2,1-5H3,(H,17,18)/t12-/m1/s1. The lowest BCUT2D eigenvalue weighted by Gasteiger charge is -2.21. The Morgan fingerprint density at radius 2 is 1.68 bits per heavy atom. The molecule has 0 amide bonds. The summed E-state index contributed by atoms with van der Waals surface area (Å²) in [6, 6.07) is -0.867. The minimum Gasteiger partial charge on any atom is -0.480 e. The molecule has 0 saturated heterocycles. The normalized spacial score (nSPS) is 12.3. The molecule has 3 N–H and O–H groups in total. The summed E-state index contributed by atoms with van der Waals surface area (Å²) in [5.41, 5.74) is 12.1. The highest BCUT2D eigenvalue weighted by Crippen LogP contribution is 2.21. The van der Waals surface area contributed by atoms with Crippen molar-refractivity contribution in [2.24, 2.45) is 5.73 Å². The van der Waals surface area contributed by atoms with Crippen LogP contribution in [0.1, 0.15) is 27.8 Å². The second kappa shape index (κ2) is 6.22. The minimum absolute atomic E-state index is 0.349. The first-order valence-electron chi connectivity index (χ1n) is 6.24. The Bertz CT molecular complexity index is 471. The average Bonchev–Trinajstić information content (AvgIpc) is 2.37. The molecule has 0 bridgehead atoms. The van der Waals surface area contributed by atoms with Crippen LogP contribution in [-0.2, 0) is 15.9 Å². The molecule has 1 radical (unpaired) electrons. The van der Waals surface area contributed by atoms with Gasteiger partial charge in [0.2, 0.25) is 0 Å². The van der Waals surface area contributed by atoms with E-state index in [0.29, 0.717) is 6.42 Å². The second-order valence-electron chi connectivity index (χ2n) is 4.89. The Morgan fingerprint density at radius 3 is 2.05 bits per heavy atom. The number of carbonyl (C=O) groups is 1. The summed E-state index contributed by atoms with van der Waals surface area (Å²) in [5, 5.41) is 8.95. The maximum atomic E-state index is 10.9. The van der Waals surface area contributed by atoms with Crippen LogP contribution < -0.4 is 11.2 Å². The van der Waals surface area contributed by atoms with Crippen LogP contribution >= 0.6 is 0 Å². The predicted octanol–water partition coefficient (Wildman–Crippen LogP) is 0.766. The number of carboxylic acid groups (broad SMARTS) is 1. The van der Waals surface area contributed by atoms with Gasteiger partial charge in [-0.1, -0.05) is 11.1 Å². The quantitative estimate of drug-likeness (QED) is 0.768. The van der Waals surface area contributed by atoms with Crippen LogP contribution in [0.4, 0.5) is 0 Å². The third-order valence-electron chi connectivity index (χ3n) is 3.82. The SMILES string of the molecule is CO[B]c1c(C)c(C)c(C[C@@H](N)C(=O)O)c(C)c1C. The molecular formula is C14H21BNO3. The molecule has 0 aromatic heterocycles. The molecule has 19 heavy (non-hydrogen) atoms. The van der Waals surface area contributed by atoms with Crippen LogP contribution in [0.25, 0.3) is 0 Å². The van der Waals surface area contributed by atoms with Crippen molar-refractivity contribution >= 4 is 18.9 Å². The molecule has 0 aliphatic rings. The van der Waals surface area contributed by atoms with Crippen LogP contribution in [0.3, 0.4) is 0 Å². The lowest BCUT2D eigenvalue weighted by atomic mass is 9.75. The zero-order chi connectivity index (χ0) is 14.7. The largest absolute Gasteiger partial charge is 0.480 e. The number of rotatable bonds is 5. The summed E-state index contributed by atoms with van der Waals surface area (Å²) >= 11 is 0. The lowest BCUT2D eigenvalue weighted by molar-refractivity contribution is -0.138. The van der Waals surface area contributed by atoms with Gasteiger partial charge in [-0.05, 0) is 56.3 Å². The van der Waals surface area contributed by atoms with Crippen molar-refractivity contribution < 1.29 is 14.6 Å². The van der Waals surface area contributed by atoms with Crippen molar-refractivity contribution in [1.82, 2.24) is 0 Å². The van der Waals surface area contributed by atoms with Gasteiger partial charge in [0.05, 0.1) is 0 Å². The molecule has 5 heteroatoms. The van der Waals surface area contributed by atoms with Crippen LogP contribution in [0.15, 0.2) is 0 Å². The summed E-state index contributed by atoms with van der Waals surface area (Å²) in [6.45, 7) is 8.03. The summed E-state index contributed by atoms with van der Waals surface area (Å²) in [6.07, 6.45) is 0.349. The van der Waals surface area contributed by atoms with Crippen molar-refractivity contribution in [1.29, 1.82) is 0 Å². The van der Waals surface area contributed by atoms with Gasteiger partial charge in [-0.25, -0.2) is 0 Å². The van der Waals surface area contributed by atoms with Gasteiger partial charge < -0.3 is 15.5 Å². The van der Waals surface area contributed by atoms with E-state index in [0.717, 1.165) is 33.3 Å². The highest BCUT2D eigenvalue weighted by Gasteiger charge is 2.19. The van der Waals surface area contributed by atoms with Gasteiger partial charge in [-0.2, -0.15) is 0 Å². The van der Waals surface area contributed by atoms with E-state index < -0.39 is 12.0 Å². The van der Waals surface area contributed by atoms with Gasteiger partial charge >= 0.3 is 13.5 Å². The molecule has 1 aromatic rings. The molecule has 103 valence electrons. The van der Waals surface area contributed by atoms with Crippen molar-refractivity contribution in [3.05, 3.63) is 27.8 Å². The fraction of sp³-hybridized carbons (Fsp3) is 0.500. The number of benzene rings is 1. The molecular weight excluding hydrogens is 241 g/mol.